The maximum Gasteiger partial charge on any atom is 0.152 e. The monoisotopic (exact) mass is 460 g/mol. The number of benzene rings is 2. The van der Waals surface area contributed by atoms with Crippen molar-refractivity contribution in [3.05, 3.63) is 83.1 Å². The van der Waals surface area contributed by atoms with E-state index in [9.17, 15) is 0 Å². The molecule has 1 aliphatic rings. The van der Waals surface area contributed by atoms with E-state index in [-0.39, 0.29) is 0 Å². The second-order valence-corrected chi connectivity index (χ2v) is 8.63. The molecule has 0 amide bonds. The van der Waals surface area contributed by atoms with Crippen LogP contribution in [-0.2, 0) is 6.54 Å². The van der Waals surface area contributed by atoms with Crippen LogP contribution in [0.4, 0.5) is 0 Å². The molecule has 30 heavy (non-hydrogen) atoms. The number of aromatic nitrogens is 2. The molecule has 0 spiro atoms. The first-order chi connectivity index (χ1) is 14.8. The highest BCUT2D eigenvalue weighted by Gasteiger charge is 2.19. The highest BCUT2D eigenvalue weighted by Crippen LogP contribution is 2.30. The Kier molecular flexibility index (Phi) is 5.67. The summed E-state index contributed by atoms with van der Waals surface area (Å²) in [6.45, 7) is 5.22. The van der Waals surface area contributed by atoms with E-state index in [1.54, 1.807) is 0 Å². The average molecular weight is 461 g/mol. The highest BCUT2D eigenvalue weighted by molar-refractivity contribution is 9.10. The summed E-state index contributed by atoms with van der Waals surface area (Å²) in [6, 6.07) is 23.4. The molecular formula is C25H25BrN4. The number of rotatable bonds is 4. The van der Waals surface area contributed by atoms with Crippen molar-refractivity contribution in [2.24, 2.45) is 0 Å². The maximum absolute atomic E-state index is 5.05. The number of nitrogens with zero attached hydrogens (tertiary/aromatic N) is 3. The fourth-order valence-corrected chi connectivity index (χ4v) is 4.62. The summed E-state index contributed by atoms with van der Waals surface area (Å²) in [7, 11) is 0. The highest BCUT2D eigenvalue weighted by atomic mass is 79.9. The minimum Gasteiger partial charge on any atom is -0.315 e. The molecule has 1 N–H and O–H groups in total. The van der Waals surface area contributed by atoms with E-state index in [1.807, 2.05) is 0 Å². The number of halogens is 1. The first kappa shape index (κ1) is 19.5. The number of fused-ring (bicyclic) bond motifs is 1. The predicted molar refractivity (Wildman–Crippen MR) is 127 cm³/mol. The van der Waals surface area contributed by atoms with Gasteiger partial charge in [0.05, 0.1) is 15.9 Å². The van der Waals surface area contributed by atoms with Crippen molar-refractivity contribution >= 4 is 21.6 Å². The summed E-state index contributed by atoms with van der Waals surface area (Å²) in [5.41, 5.74) is 6.92. The van der Waals surface area contributed by atoms with Crippen LogP contribution < -0.4 is 5.32 Å². The second-order valence-electron chi connectivity index (χ2n) is 7.78. The predicted octanol–water partition coefficient (Wildman–Crippen LogP) is 5.23. The number of nitrogens with one attached hydrogen (secondary N) is 1. The van der Waals surface area contributed by atoms with Crippen LogP contribution in [0.1, 0.15) is 12.1 Å². The topological polar surface area (TPSA) is 32.6 Å². The van der Waals surface area contributed by atoms with Gasteiger partial charge in [-0.15, -0.1) is 0 Å². The molecule has 1 saturated heterocycles. The molecule has 0 aliphatic carbocycles. The van der Waals surface area contributed by atoms with Gasteiger partial charge in [0.15, 0.2) is 5.65 Å². The molecular weight excluding hydrogens is 436 g/mol. The Balaban J connectivity index is 1.55. The van der Waals surface area contributed by atoms with E-state index in [0.717, 1.165) is 54.1 Å². The molecule has 0 radical (unpaired) electrons. The van der Waals surface area contributed by atoms with E-state index in [0.29, 0.717) is 0 Å². The summed E-state index contributed by atoms with van der Waals surface area (Å²) in [5.74, 6) is 0. The van der Waals surface area contributed by atoms with Crippen molar-refractivity contribution in [1.29, 1.82) is 0 Å². The molecule has 0 bridgehead atoms. The van der Waals surface area contributed by atoms with Crippen LogP contribution in [-0.4, -0.2) is 40.5 Å². The van der Waals surface area contributed by atoms with E-state index in [1.165, 1.54) is 23.2 Å². The van der Waals surface area contributed by atoms with Gasteiger partial charge in [-0.2, -0.15) is 0 Å². The van der Waals surface area contributed by atoms with E-state index >= 15 is 0 Å². The van der Waals surface area contributed by atoms with Crippen molar-refractivity contribution in [2.75, 3.05) is 26.2 Å². The number of hydrogen-bond acceptors (Lipinski definition) is 3. The molecule has 2 aromatic carbocycles. The van der Waals surface area contributed by atoms with Crippen LogP contribution in [0.25, 0.3) is 28.0 Å². The lowest BCUT2D eigenvalue weighted by atomic mass is 10.0. The van der Waals surface area contributed by atoms with Gasteiger partial charge in [0.25, 0.3) is 0 Å². The normalized spacial score (nSPS) is 15.4. The van der Waals surface area contributed by atoms with Crippen molar-refractivity contribution in [1.82, 2.24) is 19.6 Å². The van der Waals surface area contributed by atoms with Crippen molar-refractivity contribution in [3.8, 4) is 22.4 Å². The number of pyridine rings is 1. The van der Waals surface area contributed by atoms with Gasteiger partial charge in [-0.3, -0.25) is 4.90 Å². The van der Waals surface area contributed by atoms with E-state index in [2.05, 4.69) is 103 Å². The smallest absolute Gasteiger partial charge is 0.152 e. The molecule has 5 heteroatoms. The van der Waals surface area contributed by atoms with Gasteiger partial charge in [-0.05, 0) is 58.7 Å². The zero-order valence-corrected chi connectivity index (χ0v) is 18.5. The van der Waals surface area contributed by atoms with Crippen molar-refractivity contribution in [3.63, 3.8) is 0 Å². The van der Waals surface area contributed by atoms with Crippen LogP contribution in [0, 0.1) is 0 Å². The Hall–Kier alpha value is -2.47. The molecule has 4 nitrogen and oxygen atoms in total. The van der Waals surface area contributed by atoms with Gasteiger partial charge in [0.1, 0.15) is 0 Å². The Morgan fingerprint density at radius 3 is 2.43 bits per heavy atom. The molecule has 2 aromatic heterocycles. The Morgan fingerprint density at radius 2 is 1.60 bits per heavy atom. The van der Waals surface area contributed by atoms with Crippen LogP contribution >= 0.6 is 15.9 Å². The van der Waals surface area contributed by atoms with E-state index in [4.69, 9.17) is 4.98 Å². The Morgan fingerprint density at radius 1 is 0.833 bits per heavy atom. The fraction of sp³-hybridized carbons (Fsp3) is 0.240. The SMILES string of the molecule is Brc1cccn2c(CN3CCCNCC3)c(-c3ccc(-c4ccccc4)cc3)nc12. The third-order valence-corrected chi connectivity index (χ3v) is 6.39. The first-order valence-electron chi connectivity index (χ1n) is 10.5. The summed E-state index contributed by atoms with van der Waals surface area (Å²) in [5, 5.41) is 3.50. The van der Waals surface area contributed by atoms with Crippen LogP contribution in [0.5, 0.6) is 0 Å². The van der Waals surface area contributed by atoms with Crippen LogP contribution in [0.2, 0.25) is 0 Å². The molecule has 1 fully saturated rings. The van der Waals surface area contributed by atoms with E-state index < -0.39 is 0 Å². The molecule has 0 atom stereocenters. The average Bonchev–Trinajstić information content (AvgIpc) is 2.96. The summed E-state index contributed by atoms with van der Waals surface area (Å²) < 4.78 is 3.26. The lowest BCUT2D eigenvalue weighted by Crippen LogP contribution is -2.28. The minimum atomic E-state index is 0.898. The van der Waals surface area contributed by atoms with Crippen LogP contribution in [0.3, 0.4) is 0 Å². The standard InChI is InChI=1S/C25H25BrN4/c26-22-8-4-16-30-23(18-29-15-5-13-27-14-17-29)24(28-25(22)30)21-11-9-20(10-12-21)19-6-2-1-3-7-19/h1-4,6-12,16,27H,5,13-15,17-18H2. The summed E-state index contributed by atoms with van der Waals surface area (Å²) in [6.07, 6.45) is 3.31. The zero-order valence-electron chi connectivity index (χ0n) is 16.9. The molecule has 152 valence electrons. The van der Waals surface area contributed by atoms with Crippen molar-refractivity contribution in [2.45, 2.75) is 13.0 Å². The van der Waals surface area contributed by atoms with Crippen LogP contribution in [0.15, 0.2) is 77.4 Å². The lowest BCUT2D eigenvalue weighted by Gasteiger charge is -2.20. The molecule has 4 aromatic rings. The van der Waals surface area contributed by atoms with Gasteiger partial charge < -0.3 is 9.72 Å². The lowest BCUT2D eigenvalue weighted by molar-refractivity contribution is 0.281. The summed E-state index contributed by atoms with van der Waals surface area (Å²) in [4.78, 5) is 7.58. The number of hydrogen-bond donors (Lipinski definition) is 1. The van der Waals surface area contributed by atoms with Crippen molar-refractivity contribution < 1.29 is 0 Å². The maximum atomic E-state index is 5.05. The number of imidazole rings is 1. The molecule has 5 rings (SSSR count). The van der Waals surface area contributed by atoms with Gasteiger partial charge in [0, 0.05) is 31.4 Å². The van der Waals surface area contributed by atoms with Gasteiger partial charge in [0.2, 0.25) is 0 Å². The van der Waals surface area contributed by atoms with Gasteiger partial charge in [-0.1, -0.05) is 54.6 Å². The quantitative estimate of drug-likeness (QED) is 0.452. The third kappa shape index (κ3) is 3.93. The summed E-state index contributed by atoms with van der Waals surface area (Å²) >= 11 is 3.69. The zero-order chi connectivity index (χ0) is 20.3. The Labute approximate surface area is 185 Å². The Bertz CT molecular complexity index is 1130. The molecule has 1 aliphatic heterocycles. The van der Waals surface area contributed by atoms with Gasteiger partial charge >= 0.3 is 0 Å². The second kappa shape index (κ2) is 8.72. The molecule has 0 unspecified atom stereocenters. The first-order valence-corrected chi connectivity index (χ1v) is 11.3. The fourth-order valence-electron chi connectivity index (χ4n) is 4.19. The van der Waals surface area contributed by atoms with Gasteiger partial charge in [-0.25, -0.2) is 4.98 Å². The molecule has 3 heterocycles. The third-order valence-electron chi connectivity index (χ3n) is 5.77. The largest absolute Gasteiger partial charge is 0.315 e. The minimum absolute atomic E-state index is 0.898. The molecule has 0 saturated carbocycles.